The number of aliphatic hydroxyl groups is 1. The predicted octanol–water partition coefficient (Wildman–Crippen LogP) is 3.60. The van der Waals surface area contributed by atoms with Gasteiger partial charge in [-0.2, -0.15) is 0 Å². The third-order valence-electron chi connectivity index (χ3n) is 2.73. The van der Waals surface area contributed by atoms with E-state index >= 15 is 0 Å². The van der Waals surface area contributed by atoms with E-state index in [2.05, 4.69) is 0 Å². The Bertz CT molecular complexity index is 551. The zero-order valence-corrected chi connectivity index (χ0v) is 10.4. The Hall–Kier alpha value is -1.94. The van der Waals surface area contributed by atoms with Crippen LogP contribution < -0.4 is 4.74 Å². The number of rotatable bonds is 4. The van der Waals surface area contributed by atoms with Gasteiger partial charge in [0.25, 0.3) is 0 Å². The first-order valence-corrected chi connectivity index (χ1v) is 5.91. The third-order valence-corrected chi connectivity index (χ3v) is 2.73. The summed E-state index contributed by atoms with van der Waals surface area (Å²) in [6.45, 7) is 1.77. The van der Waals surface area contributed by atoms with Crippen LogP contribution in [0, 0.1) is 11.6 Å². The molecule has 2 aromatic carbocycles. The summed E-state index contributed by atoms with van der Waals surface area (Å²) < 4.78 is 31.4. The van der Waals surface area contributed by atoms with Crippen molar-refractivity contribution >= 4 is 0 Å². The maximum absolute atomic E-state index is 13.1. The summed E-state index contributed by atoms with van der Waals surface area (Å²) in [6.07, 6.45) is -0.820. The van der Waals surface area contributed by atoms with Crippen molar-refractivity contribution in [2.45, 2.75) is 19.6 Å². The molecule has 0 saturated heterocycles. The highest BCUT2D eigenvalue weighted by atomic mass is 19.1. The van der Waals surface area contributed by atoms with Crippen LogP contribution in [-0.4, -0.2) is 5.11 Å². The van der Waals surface area contributed by atoms with Crippen molar-refractivity contribution in [1.82, 2.24) is 0 Å². The second-order valence-electron chi connectivity index (χ2n) is 4.27. The first-order chi connectivity index (χ1) is 9.06. The quantitative estimate of drug-likeness (QED) is 0.914. The summed E-state index contributed by atoms with van der Waals surface area (Å²) in [7, 11) is 0. The molecule has 0 saturated carbocycles. The van der Waals surface area contributed by atoms with Crippen molar-refractivity contribution in [2.75, 3.05) is 0 Å². The van der Waals surface area contributed by atoms with E-state index in [1.165, 1.54) is 30.3 Å². The Morgan fingerprint density at radius 1 is 1.05 bits per heavy atom. The van der Waals surface area contributed by atoms with E-state index in [0.717, 1.165) is 5.56 Å². The van der Waals surface area contributed by atoms with Crippen molar-refractivity contribution in [3.05, 3.63) is 65.2 Å². The molecule has 2 aromatic rings. The summed E-state index contributed by atoms with van der Waals surface area (Å²) in [5.74, 6) is -0.319. The molecule has 1 unspecified atom stereocenters. The molecule has 1 atom stereocenters. The second kappa shape index (κ2) is 5.80. The molecule has 1 N–H and O–H groups in total. The van der Waals surface area contributed by atoms with Crippen molar-refractivity contribution in [3.63, 3.8) is 0 Å². The monoisotopic (exact) mass is 264 g/mol. The molecule has 2 rings (SSSR count). The zero-order valence-electron chi connectivity index (χ0n) is 10.4. The summed E-state index contributed by atoms with van der Waals surface area (Å²) in [6, 6.07) is 9.90. The SMILES string of the molecule is CC(O)c1cc(F)ccc1OCc1ccc(F)cc1. The van der Waals surface area contributed by atoms with Gasteiger partial charge in [-0.05, 0) is 42.8 Å². The van der Waals surface area contributed by atoms with Crippen LogP contribution in [-0.2, 0) is 6.61 Å². The molecule has 0 aromatic heterocycles. The summed E-state index contributed by atoms with van der Waals surface area (Å²) in [4.78, 5) is 0. The number of hydrogen-bond acceptors (Lipinski definition) is 2. The van der Waals surface area contributed by atoms with E-state index in [1.807, 2.05) is 0 Å². The molecular weight excluding hydrogens is 250 g/mol. The van der Waals surface area contributed by atoms with Crippen LogP contribution in [0.3, 0.4) is 0 Å². The third kappa shape index (κ3) is 3.51. The molecule has 0 bridgehead atoms. The lowest BCUT2D eigenvalue weighted by Crippen LogP contribution is -2.01. The van der Waals surface area contributed by atoms with Gasteiger partial charge in [0.15, 0.2) is 0 Å². The number of halogens is 2. The number of benzene rings is 2. The van der Waals surface area contributed by atoms with Crippen molar-refractivity contribution < 1.29 is 18.6 Å². The topological polar surface area (TPSA) is 29.5 Å². The maximum atomic E-state index is 13.1. The van der Waals surface area contributed by atoms with Crippen molar-refractivity contribution in [2.24, 2.45) is 0 Å². The maximum Gasteiger partial charge on any atom is 0.125 e. The van der Waals surface area contributed by atoms with E-state index in [1.54, 1.807) is 19.1 Å². The molecule has 2 nitrogen and oxygen atoms in total. The summed E-state index contributed by atoms with van der Waals surface area (Å²) >= 11 is 0. The molecule has 0 aliphatic carbocycles. The van der Waals surface area contributed by atoms with Crippen molar-refractivity contribution in [1.29, 1.82) is 0 Å². The number of ether oxygens (including phenoxy) is 1. The summed E-state index contributed by atoms with van der Waals surface area (Å²) in [5, 5.41) is 9.57. The van der Waals surface area contributed by atoms with Gasteiger partial charge in [-0.1, -0.05) is 12.1 Å². The van der Waals surface area contributed by atoms with Gasteiger partial charge in [0.1, 0.15) is 24.0 Å². The van der Waals surface area contributed by atoms with Gasteiger partial charge < -0.3 is 9.84 Å². The van der Waals surface area contributed by atoms with E-state index in [4.69, 9.17) is 4.74 Å². The minimum absolute atomic E-state index is 0.228. The average Bonchev–Trinajstić information content (AvgIpc) is 2.39. The van der Waals surface area contributed by atoms with E-state index in [-0.39, 0.29) is 12.4 Å². The molecule has 4 heteroatoms. The lowest BCUT2D eigenvalue weighted by molar-refractivity contribution is 0.189. The normalized spacial score (nSPS) is 12.2. The van der Waals surface area contributed by atoms with Gasteiger partial charge >= 0.3 is 0 Å². The molecule has 0 radical (unpaired) electrons. The molecule has 0 spiro atoms. The highest BCUT2D eigenvalue weighted by Gasteiger charge is 2.10. The van der Waals surface area contributed by atoms with Crippen LogP contribution >= 0.6 is 0 Å². The average molecular weight is 264 g/mol. The zero-order chi connectivity index (χ0) is 13.8. The summed E-state index contributed by atoms with van der Waals surface area (Å²) in [5.41, 5.74) is 1.18. The minimum Gasteiger partial charge on any atom is -0.489 e. The minimum atomic E-state index is -0.820. The van der Waals surface area contributed by atoms with E-state index in [0.29, 0.717) is 11.3 Å². The molecule has 0 heterocycles. The largest absolute Gasteiger partial charge is 0.489 e. The Morgan fingerprint density at radius 2 is 1.68 bits per heavy atom. The smallest absolute Gasteiger partial charge is 0.125 e. The van der Waals surface area contributed by atoms with Crippen molar-refractivity contribution in [3.8, 4) is 5.75 Å². The molecular formula is C15H14F2O2. The second-order valence-corrected chi connectivity index (χ2v) is 4.27. The lowest BCUT2D eigenvalue weighted by Gasteiger charge is -2.13. The van der Waals surface area contributed by atoms with Crippen LogP contribution in [0.5, 0.6) is 5.75 Å². The fraction of sp³-hybridized carbons (Fsp3) is 0.200. The van der Waals surface area contributed by atoms with Gasteiger partial charge in [0.05, 0.1) is 6.10 Å². The lowest BCUT2D eigenvalue weighted by atomic mass is 10.1. The van der Waals surface area contributed by atoms with E-state index < -0.39 is 11.9 Å². The molecule has 0 fully saturated rings. The van der Waals surface area contributed by atoms with Crippen LogP contribution in [0.4, 0.5) is 8.78 Å². The molecule has 100 valence electrons. The predicted molar refractivity (Wildman–Crippen MR) is 67.8 cm³/mol. The van der Waals surface area contributed by atoms with Gasteiger partial charge in [-0.15, -0.1) is 0 Å². The van der Waals surface area contributed by atoms with Gasteiger partial charge in [0, 0.05) is 5.56 Å². The fourth-order valence-electron chi connectivity index (χ4n) is 1.72. The van der Waals surface area contributed by atoms with Crippen LogP contribution in [0.1, 0.15) is 24.2 Å². The number of hydrogen-bond donors (Lipinski definition) is 1. The van der Waals surface area contributed by atoms with Gasteiger partial charge in [-0.3, -0.25) is 0 Å². The van der Waals surface area contributed by atoms with Crippen LogP contribution in [0.15, 0.2) is 42.5 Å². The first kappa shape index (κ1) is 13.5. The Kier molecular flexibility index (Phi) is 4.12. The Labute approximate surface area is 110 Å². The highest BCUT2D eigenvalue weighted by Crippen LogP contribution is 2.26. The van der Waals surface area contributed by atoms with Crippen LogP contribution in [0.2, 0.25) is 0 Å². The van der Waals surface area contributed by atoms with Gasteiger partial charge in [0.2, 0.25) is 0 Å². The van der Waals surface area contributed by atoms with Crippen LogP contribution in [0.25, 0.3) is 0 Å². The Balaban J connectivity index is 2.13. The standard InChI is InChI=1S/C15H14F2O2/c1-10(18)14-8-13(17)6-7-15(14)19-9-11-2-4-12(16)5-3-11/h2-8,10,18H,9H2,1H3. The Morgan fingerprint density at radius 3 is 2.32 bits per heavy atom. The number of aliphatic hydroxyl groups excluding tert-OH is 1. The highest BCUT2D eigenvalue weighted by molar-refractivity contribution is 5.35. The van der Waals surface area contributed by atoms with E-state index in [9.17, 15) is 13.9 Å². The first-order valence-electron chi connectivity index (χ1n) is 5.91. The molecule has 0 aliphatic rings. The molecule has 0 amide bonds. The molecule has 0 aliphatic heterocycles. The molecule has 19 heavy (non-hydrogen) atoms. The van der Waals surface area contributed by atoms with Gasteiger partial charge in [-0.25, -0.2) is 8.78 Å². The fourth-order valence-corrected chi connectivity index (χ4v) is 1.72.